The summed E-state index contributed by atoms with van der Waals surface area (Å²) in [4.78, 5) is 12.8. The first-order valence-corrected chi connectivity index (χ1v) is 6.64. The van der Waals surface area contributed by atoms with Crippen LogP contribution in [0, 0.1) is 5.41 Å². The summed E-state index contributed by atoms with van der Waals surface area (Å²) < 4.78 is 4.78. The molecule has 1 aromatic carbocycles. The van der Waals surface area contributed by atoms with E-state index in [4.69, 9.17) is 10.5 Å². The molecule has 0 spiro atoms. The Balaban J connectivity index is 2.95. The molecule has 0 radical (unpaired) electrons. The van der Waals surface area contributed by atoms with E-state index in [-0.39, 0.29) is 12.0 Å². The number of ether oxygens (including phenoxy) is 1. The summed E-state index contributed by atoms with van der Waals surface area (Å²) in [7, 11) is 1.38. The van der Waals surface area contributed by atoms with Gasteiger partial charge in [0.15, 0.2) is 0 Å². The van der Waals surface area contributed by atoms with Gasteiger partial charge in [0, 0.05) is 10.9 Å². The molecule has 2 N–H and O–H groups in total. The van der Waals surface area contributed by atoms with Crippen molar-refractivity contribution in [3.63, 3.8) is 0 Å². The van der Waals surface area contributed by atoms with Crippen LogP contribution in [0.25, 0.3) is 0 Å². The van der Waals surface area contributed by atoms with Crippen LogP contribution < -0.4 is 5.73 Å². The minimum Gasteiger partial charge on any atom is -0.469 e. The number of esters is 1. The molecule has 1 aromatic rings. The van der Waals surface area contributed by atoms with Crippen LogP contribution in [0.5, 0.6) is 0 Å². The SMILES string of the molecule is COC(=O)C(C)(C)[C@H](N)c1ccc(SC)cc1. The quantitative estimate of drug-likeness (QED) is 0.662. The van der Waals surface area contributed by atoms with Crippen molar-refractivity contribution >= 4 is 17.7 Å². The van der Waals surface area contributed by atoms with Crippen LogP contribution in [0.2, 0.25) is 0 Å². The van der Waals surface area contributed by atoms with E-state index in [1.807, 2.05) is 30.5 Å². The van der Waals surface area contributed by atoms with E-state index in [1.54, 1.807) is 25.6 Å². The van der Waals surface area contributed by atoms with E-state index < -0.39 is 5.41 Å². The first-order chi connectivity index (χ1) is 7.93. The average molecular weight is 253 g/mol. The first-order valence-electron chi connectivity index (χ1n) is 5.41. The fourth-order valence-corrected chi connectivity index (χ4v) is 2.03. The zero-order valence-electron chi connectivity index (χ0n) is 10.7. The van der Waals surface area contributed by atoms with E-state index in [0.717, 1.165) is 5.56 Å². The number of carbonyl (C=O) groups excluding carboxylic acids is 1. The van der Waals surface area contributed by atoms with Gasteiger partial charge in [-0.25, -0.2) is 0 Å². The third-order valence-corrected chi connectivity index (χ3v) is 3.71. The summed E-state index contributed by atoms with van der Waals surface area (Å²) >= 11 is 1.68. The Morgan fingerprint density at radius 1 is 1.35 bits per heavy atom. The molecule has 0 aliphatic carbocycles. The van der Waals surface area contributed by atoms with Crippen molar-refractivity contribution in [1.29, 1.82) is 0 Å². The standard InChI is InChI=1S/C13H19NO2S/c1-13(2,12(15)16-3)11(14)9-5-7-10(17-4)8-6-9/h5-8,11H,14H2,1-4H3/t11-/m1/s1. The Kier molecular flexibility index (Phi) is 4.60. The Bertz CT molecular complexity index is 387. The van der Waals surface area contributed by atoms with Crippen molar-refractivity contribution in [2.45, 2.75) is 24.8 Å². The molecule has 0 heterocycles. The zero-order chi connectivity index (χ0) is 13.1. The number of thioether (sulfide) groups is 1. The second kappa shape index (κ2) is 5.56. The smallest absolute Gasteiger partial charge is 0.313 e. The number of benzene rings is 1. The normalized spacial score (nSPS) is 13.2. The maximum atomic E-state index is 11.7. The number of nitrogens with two attached hydrogens (primary N) is 1. The summed E-state index contributed by atoms with van der Waals surface area (Å²) in [6, 6.07) is 7.56. The van der Waals surface area contributed by atoms with Crippen LogP contribution in [-0.2, 0) is 9.53 Å². The fourth-order valence-electron chi connectivity index (χ4n) is 1.62. The summed E-state index contributed by atoms with van der Waals surface area (Å²) in [6.45, 7) is 3.60. The summed E-state index contributed by atoms with van der Waals surface area (Å²) in [5.41, 5.74) is 6.35. The summed E-state index contributed by atoms with van der Waals surface area (Å²) in [5, 5.41) is 0. The molecular formula is C13H19NO2S. The summed E-state index contributed by atoms with van der Waals surface area (Å²) in [6.07, 6.45) is 2.02. The minimum absolute atomic E-state index is 0.293. The molecule has 0 bridgehead atoms. The fraction of sp³-hybridized carbons (Fsp3) is 0.462. The van der Waals surface area contributed by atoms with E-state index in [9.17, 15) is 4.79 Å². The van der Waals surface area contributed by atoms with Gasteiger partial charge in [-0.15, -0.1) is 11.8 Å². The molecule has 0 aliphatic rings. The van der Waals surface area contributed by atoms with E-state index in [2.05, 4.69) is 0 Å². The highest BCUT2D eigenvalue weighted by Crippen LogP contribution is 2.33. The van der Waals surface area contributed by atoms with E-state index in [0.29, 0.717) is 0 Å². The molecule has 0 amide bonds. The monoisotopic (exact) mass is 253 g/mol. The predicted molar refractivity (Wildman–Crippen MR) is 70.9 cm³/mol. The average Bonchev–Trinajstić information content (AvgIpc) is 2.36. The van der Waals surface area contributed by atoms with Crippen molar-refractivity contribution in [3.8, 4) is 0 Å². The first kappa shape index (κ1) is 14.1. The second-order valence-electron chi connectivity index (χ2n) is 4.46. The minimum atomic E-state index is -0.727. The number of methoxy groups -OCH3 is 1. The van der Waals surface area contributed by atoms with Crippen LogP contribution in [0.4, 0.5) is 0 Å². The molecule has 0 aromatic heterocycles. The Morgan fingerprint density at radius 3 is 2.29 bits per heavy atom. The van der Waals surface area contributed by atoms with Gasteiger partial charge in [0.05, 0.1) is 12.5 Å². The number of rotatable bonds is 4. The zero-order valence-corrected chi connectivity index (χ0v) is 11.5. The lowest BCUT2D eigenvalue weighted by Crippen LogP contribution is -2.37. The van der Waals surface area contributed by atoms with Gasteiger partial charge < -0.3 is 10.5 Å². The lowest BCUT2D eigenvalue weighted by atomic mass is 9.81. The molecule has 0 saturated heterocycles. The van der Waals surface area contributed by atoms with Crippen LogP contribution in [-0.4, -0.2) is 19.3 Å². The third kappa shape index (κ3) is 3.01. The van der Waals surface area contributed by atoms with E-state index in [1.165, 1.54) is 12.0 Å². The molecule has 1 rings (SSSR count). The van der Waals surface area contributed by atoms with Crippen molar-refractivity contribution < 1.29 is 9.53 Å². The molecule has 94 valence electrons. The number of carbonyl (C=O) groups is 1. The second-order valence-corrected chi connectivity index (χ2v) is 5.34. The Labute approximate surface area is 107 Å². The molecular weight excluding hydrogens is 234 g/mol. The van der Waals surface area contributed by atoms with Gasteiger partial charge in [0.25, 0.3) is 0 Å². The number of hydrogen-bond donors (Lipinski definition) is 1. The van der Waals surface area contributed by atoms with Gasteiger partial charge in [-0.1, -0.05) is 12.1 Å². The third-order valence-electron chi connectivity index (χ3n) is 2.96. The lowest BCUT2D eigenvalue weighted by Gasteiger charge is -2.29. The highest BCUT2D eigenvalue weighted by molar-refractivity contribution is 7.98. The topological polar surface area (TPSA) is 52.3 Å². The molecule has 1 atom stereocenters. The van der Waals surface area contributed by atoms with Crippen molar-refractivity contribution in [2.24, 2.45) is 11.1 Å². The van der Waals surface area contributed by atoms with Crippen molar-refractivity contribution in [2.75, 3.05) is 13.4 Å². The Hall–Kier alpha value is -1.00. The molecule has 17 heavy (non-hydrogen) atoms. The summed E-state index contributed by atoms with van der Waals surface area (Å²) in [5.74, 6) is -0.293. The van der Waals surface area contributed by atoms with Gasteiger partial charge in [0.2, 0.25) is 0 Å². The molecule has 0 unspecified atom stereocenters. The highest BCUT2D eigenvalue weighted by atomic mass is 32.2. The predicted octanol–water partition coefficient (Wildman–Crippen LogP) is 2.61. The van der Waals surface area contributed by atoms with Crippen LogP contribution in [0.3, 0.4) is 0 Å². The van der Waals surface area contributed by atoms with E-state index >= 15 is 0 Å². The molecule has 0 saturated carbocycles. The maximum Gasteiger partial charge on any atom is 0.313 e. The van der Waals surface area contributed by atoms with Gasteiger partial charge in [0.1, 0.15) is 0 Å². The maximum absolute atomic E-state index is 11.7. The van der Waals surface area contributed by atoms with Crippen LogP contribution in [0.1, 0.15) is 25.5 Å². The largest absolute Gasteiger partial charge is 0.469 e. The van der Waals surface area contributed by atoms with Gasteiger partial charge in [-0.3, -0.25) is 4.79 Å². The van der Waals surface area contributed by atoms with Crippen LogP contribution in [0.15, 0.2) is 29.2 Å². The van der Waals surface area contributed by atoms with Gasteiger partial charge >= 0.3 is 5.97 Å². The lowest BCUT2D eigenvalue weighted by molar-refractivity contribution is -0.152. The molecule has 3 nitrogen and oxygen atoms in total. The van der Waals surface area contributed by atoms with Crippen molar-refractivity contribution in [1.82, 2.24) is 0 Å². The van der Waals surface area contributed by atoms with Crippen LogP contribution >= 0.6 is 11.8 Å². The molecule has 0 aliphatic heterocycles. The highest BCUT2D eigenvalue weighted by Gasteiger charge is 2.36. The van der Waals surface area contributed by atoms with Gasteiger partial charge in [-0.2, -0.15) is 0 Å². The van der Waals surface area contributed by atoms with Gasteiger partial charge in [-0.05, 0) is 37.8 Å². The Morgan fingerprint density at radius 2 is 1.88 bits per heavy atom. The van der Waals surface area contributed by atoms with Crippen molar-refractivity contribution in [3.05, 3.63) is 29.8 Å². The molecule has 4 heteroatoms. The molecule has 0 fully saturated rings. The number of hydrogen-bond acceptors (Lipinski definition) is 4.